The number of ketones is 1. The first kappa shape index (κ1) is 11.1. The maximum atomic E-state index is 13.1. The summed E-state index contributed by atoms with van der Waals surface area (Å²) in [4.78, 5) is 11.6. The fourth-order valence-corrected chi connectivity index (χ4v) is 1.42. The Kier molecular flexibility index (Phi) is 2.38. The number of hydrogen-bond acceptors (Lipinski definition) is 1. The summed E-state index contributed by atoms with van der Waals surface area (Å²) in [7, 11) is 0. The number of halogens is 2. The van der Waals surface area contributed by atoms with Gasteiger partial charge in [0.15, 0.2) is 5.78 Å². The van der Waals surface area contributed by atoms with Crippen LogP contribution in [0.1, 0.15) is 27.7 Å². The number of alkyl halides is 2. The molecule has 1 nitrogen and oxygen atoms in total. The van der Waals surface area contributed by atoms with Crippen LogP contribution in [0, 0.1) is 5.41 Å². The molecule has 0 amide bonds. The number of carbonyl (C=O) groups is 1. The number of rotatable bonds is 0. The predicted octanol–water partition coefficient (Wildman–Crippen LogP) is 3.12. The van der Waals surface area contributed by atoms with Crippen molar-refractivity contribution in [3.8, 4) is 0 Å². The molecule has 0 atom stereocenters. The van der Waals surface area contributed by atoms with Crippen LogP contribution in [0.5, 0.6) is 0 Å². The maximum absolute atomic E-state index is 13.1. The second kappa shape index (κ2) is 3.01. The molecule has 0 N–H and O–H groups in total. The van der Waals surface area contributed by atoms with E-state index in [1.54, 1.807) is 20.8 Å². The molecule has 0 aromatic heterocycles. The first-order chi connectivity index (χ1) is 6.13. The van der Waals surface area contributed by atoms with Crippen LogP contribution in [0.25, 0.3) is 0 Å². The van der Waals surface area contributed by atoms with E-state index in [0.29, 0.717) is 6.08 Å². The van der Waals surface area contributed by atoms with Gasteiger partial charge in [0, 0.05) is 5.57 Å². The molecule has 78 valence electrons. The lowest BCUT2D eigenvalue weighted by Gasteiger charge is -2.27. The van der Waals surface area contributed by atoms with Gasteiger partial charge in [-0.15, -0.1) is 0 Å². The van der Waals surface area contributed by atoms with Crippen molar-refractivity contribution in [1.82, 2.24) is 0 Å². The molecule has 0 heterocycles. The van der Waals surface area contributed by atoms with Crippen molar-refractivity contribution < 1.29 is 13.6 Å². The first-order valence-corrected chi connectivity index (χ1v) is 4.49. The Morgan fingerprint density at radius 3 is 2.14 bits per heavy atom. The summed E-state index contributed by atoms with van der Waals surface area (Å²) in [5.41, 5.74) is -0.208. The Balaban J connectivity index is 3.21. The van der Waals surface area contributed by atoms with E-state index in [1.807, 2.05) is 0 Å². The SMILES string of the molecule is CC1=CC(F)(F)C=C(C(C)(C)C)C1=O. The molecule has 0 saturated heterocycles. The van der Waals surface area contributed by atoms with Crippen LogP contribution in [0.3, 0.4) is 0 Å². The van der Waals surface area contributed by atoms with Gasteiger partial charge in [0.05, 0.1) is 0 Å². The van der Waals surface area contributed by atoms with Crippen LogP contribution in [-0.4, -0.2) is 11.7 Å². The van der Waals surface area contributed by atoms with Crippen LogP contribution in [0.4, 0.5) is 8.78 Å². The number of carbonyl (C=O) groups excluding carboxylic acids is 1. The van der Waals surface area contributed by atoms with Gasteiger partial charge < -0.3 is 0 Å². The molecule has 0 unspecified atom stereocenters. The van der Waals surface area contributed by atoms with E-state index in [-0.39, 0.29) is 16.9 Å². The standard InChI is InChI=1S/C11H14F2O/c1-7-5-11(12,13)6-8(9(7)14)10(2,3)4/h5-6H,1-4H3. The lowest BCUT2D eigenvalue weighted by Crippen LogP contribution is -2.27. The van der Waals surface area contributed by atoms with E-state index >= 15 is 0 Å². The molecule has 0 spiro atoms. The Morgan fingerprint density at radius 1 is 1.21 bits per heavy atom. The van der Waals surface area contributed by atoms with Gasteiger partial charge in [-0.1, -0.05) is 20.8 Å². The number of allylic oxidation sites excluding steroid dienone is 4. The third-order valence-corrected chi connectivity index (χ3v) is 2.16. The van der Waals surface area contributed by atoms with Crippen LogP contribution in [0.2, 0.25) is 0 Å². The largest absolute Gasteiger partial charge is 0.289 e. The average molecular weight is 200 g/mol. The fourth-order valence-electron chi connectivity index (χ4n) is 1.42. The monoisotopic (exact) mass is 200 g/mol. The quantitative estimate of drug-likeness (QED) is 0.587. The van der Waals surface area contributed by atoms with E-state index < -0.39 is 11.3 Å². The molecule has 1 rings (SSSR count). The summed E-state index contributed by atoms with van der Waals surface area (Å²) in [5.74, 6) is -3.26. The molecule has 0 bridgehead atoms. The zero-order valence-electron chi connectivity index (χ0n) is 8.82. The zero-order valence-corrected chi connectivity index (χ0v) is 8.82. The summed E-state index contributed by atoms with van der Waals surface area (Å²) in [6.07, 6.45) is 1.48. The molecule has 1 aliphatic rings. The molecule has 0 aromatic carbocycles. The van der Waals surface area contributed by atoms with Gasteiger partial charge in [-0.3, -0.25) is 4.79 Å². The highest BCUT2D eigenvalue weighted by Gasteiger charge is 2.36. The second-order valence-electron chi connectivity index (χ2n) is 4.64. The minimum atomic E-state index is -2.99. The molecular weight excluding hydrogens is 186 g/mol. The Labute approximate surface area is 82.5 Å². The molecule has 0 aliphatic heterocycles. The predicted molar refractivity (Wildman–Crippen MR) is 51.2 cm³/mol. The minimum absolute atomic E-state index is 0.127. The highest BCUT2D eigenvalue weighted by atomic mass is 19.3. The summed E-state index contributed by atoms with van der Waals surface area (Å²) in [6, 6.07) is 0. The van der Waals surface area contributed by atoms with Crippen molar-refractivity contribution in [2.45, 2.75) is 33.6 Å². The van der Waals surface area contributed by atoms with E-state index in [9.17, 15) is 13.6 Å². The van der Waals surface area contributed by atoms with Gasteiger partial charge in [0.1, 0.15) is 0 Å². The second-order valence-corrected chi connectivity index (χ2v) is 4.64. The van der Waals surface area contributed by atoms with Crippen LogP contribution < -0.4 is 0 Å². The van der Waals surface area contributed by atoms with E-state index in [4.69, 9.17) is 0 Å². The Bertz CT molecular complexity index is 330. The van der Waals surface area contributed by atoms with Crippen LogP contribution >= 0.6 is 0 Å². The third kappa shape index (κ3) is 2.08. The topological polar surface area (TPSA) is 17.1 Å². The van der Waals surface area contributed by atoms with Gasteiger partial charge in [-0.25, -0.2) is 0 Å². The lowest BCUT2D eigenvalue weighted by atomic mass is 9.79. The highest BCUT2D eigenvalue weighted by Crippen LogP contribution is 2.36. The summed E-state index contributed by atoms with van der Waals surface area (Å²) in [6.45, 7) is 6.69. The van der Waals surface area contributed by atoms with E-state index in [0.717, 1.165) is 6.08 Å². The summed E-state index contributed by atoms with van der Waals surface area (Å²) >= 11 is 0. The van der Waals surface area contributed by atoms with Gasteiger partial charge in [-0.05, 0) is 30.1 Å². The molecule has 1 aliphatic carbocycles. The van der Waals surface area contributed by atoms with Crippen molar-refractivity contribution in [2.75, 3.05) is 0 Å². The maximum Gasteiger partial charge on any atom is 0.286 e. The van der Waals surface area contributed by atoms with E-state index in [1.165, 1.54) is 6.92 Å². The Morgan fingerprint density at radius 2 is 1.71 bits per heavy atom. The molecule has 0 radical (unpaired) electrons. The lowest BCUT2D eigenvalue weighted by molar-refractivity contribution is -0.113. The molecule has 0 fully saturated rings. The summed E-state index contributed by atoms with van der Waals surface area (Å²) in [5, 5.41) is 0. The number of hydrogen-bond donors (Lipinski definition) is 0. The molecular formula is C11H14F2O. The van der Waals surface area contributed by atoms with Crippen LogP contribution in [-0.2, 0) is 4.79 Å². The van der Waals surface area contributed by atoms with Crippen molar-refractivity contribution in [3.63, 3.8) is 0 Å². The zero-order chi connectivity index (χ0) is 11.1. The molecule has 0 saturated carbocycles. The average Bonchev–Trinajstić information content (AvgIpc) is 1.93. The normalized spacial score (nSPS) is 21.7. The Hall–Kier alpha value is -0.990. The van der Waals surface area contributed by atoms with Gasteiger partial charge in [-0.2, -0.15) is 8.78 Å². The van der Waals surface area contributed by atoms with Crippen molar-refractivity contribution in [1.29, 1.82) is 0 Å². The third-order valence-electron chi connectivity index (χ3n) is 2.16. The molecule has 14 heavy (non-hydrogen) atoms. The van der Waals surface area contributed by atoms with Crippen molar-refractivity contribution in [3.05, 3.63) is 23.3 Å². The fraction of sp³-hybridized carbons (Fsp3) is 0.545. The van der Waals surface area contributed by atoms with Gasteiger partial charge >= 0.3 is 0 Å². The molecule has 0 aromatic rings. The molecule has 3 heteroatoms. The van der Waals surface area contributed by atoms with Crippen molar-refractivity contribution in [2.24, 2.45) is 5.41 Å². The van der Waals surface area contributed by atoms with Crippen molar-refractivity contribution >= 4 is 5.78 Å². The van der Waals surface area contributed by atoms with E-state index in [2.05, 4.69) is 0 Å². The number of Topliss-reactive ketones (excluding diaryl/α,β-unsaturated/α-hetero) is 1. The smallest absolute Gasteiger partial charge is 0.286 e. The van der Waals surface area contributed by atoms with Crippen LogP contribution in [0.15, 0.2) is 23.3 Å². The van der Waals surface area contributed by atoms with Gasteiger partial charge in [0.25, 0.3) is 5.92 Å². The highest BCUT2D eigenvalue weighted by molar-refractivity contribution is 6.09. The van der Waals surface area contributed by atoms with Gasteiger partial charge in [0.2, 0.25) is 0 Å². The first-order valence-electron chi connectivity index (χ1n) is 4.49. The minimum Gasteiger partial charge on any atom is -0.289 e. The summed E-state index contributed by atoms with van der Waals surface area (Å²) < 4.78 is 26.2.